The number of fused-ring (bicyclic) bond motifs is 1. The molecule has 0 aromatic heterocycles. The standard InChI is InChI=1S/C22H23ClN2/c1-15-12-13-19(20(23)14-15)22-24-21-11-7-6-10-18(21)16(2)25(22)17-8-4-3-5-9-17/h6-7,10-14,17H,2-5,8-9H2,1H3. The zero-order valence-corrected chi connectivity index (χ0v) is 15.4. The molecular formula is C22H23ClN2. The fraction of sp³-hybridized carbons (Fsp3) is 0.318. The van der Waals surface area contributed by atoms with Gasteiger partial charge >= 0.3 is 0 Å². The summed E-state index contributed by atoms with van der Waals surface area (Å²) in [6.45, 7) is 6.50. The van der Waals surface area contributed by atoms with E-state index in [1.54, 1.807) is 0 Å². The lowest BCUT2D eigenvalue weighted by Crippen LogP contribution is -2.41. The average molecular weight is 351 g/mol. The molecule has 1 aliphatic carbocycles. The van der Waals surface area contributed by atoms with Gasteiger partial charge in [-0.05, 0) is 43.5 Å². The van der Waals surface area contributed by atoms with E-state index in [0.717, 1.165) is 38.9 Å². The third-order valence-corrected chi connectivity index (χ3v) is 5.58. The Morgan fingerprint density at radius 2 is 1.80 bits per heavy atom. The maximum atomic E-state index is 6.60. The smallest absolute Gasteiger partial charge is 0.142 e. The summed E-state index contributed by atoms with van der Waals surface area (Å²) in [5.74, 6) is 0.945. The van der Waals surface area contributed by atoms with Crippen LogP contribution in [-0.4, -0.2) is 16.8 Å². The summed E-state index contributed by atoms with van der Waals surface area (Å²) in [6, 6.07) is 14.9. The molecule has 0 amide bonds. The highest BCUT2D eigenvalue weighted by atomic mass is 35.5. The minimum absolute atomic E-state index is 0.450. The molecular weight excluding hydrogens is 328 g/mol. The number of para-hydroxylation sites is 1. The lowest BCUT2D eigenvalue weighted by atomic mass is 9.91. The van der Waals surface area contributed by atoms with Gasteiger partial charge in [-0.2, -0.15) is 0 Å². The Morgan fingerprint density at radius 3 is 2.56 bits per heavy atom. The van der Waals surface area contributed by atoms with Gasteiger partial charge in [0.1, 0.15) is 5.84 Å². The van der Waals surface area contributed by atoms with E-state index in [1.807, 2.05) is 12.1 Å². The Balaban J connectivity index is 1.86. The lowest BCUT2D eigenvalue weighted by molar-refractivity contribution is 0.310. The zero-order valence-electron chi connectivity index (χ0n) is 14.6. The fourth-order valence-electron chi connectivity index (χ4n) is 3.96. The zero-order chi connectivity index (χ0) is 17.4. The van der Waals surface area contributed by atoms with E-state index in [-0.39, 0.29) is 0 Å². The van der Waals surface area contributed by atoms with Gasteiger partial charge in [0.25, 0.3) is 0 Å². The second-order valence-electron chi connectivity index (χ2n) is 7.04. The van der Waals surface area contributed by atoms with Crippen molar-refractivity contribution < 1.29 is 0 Å². The SMILES string of the molecule is C=C1c2ccccc2N=C(c2ccc(C)cc2Cl)N1C1CCCCC1. The fourth-order valence-corrected chi connectivity index (χ4v) is 4.28. The number of benzene rings is 2. The molecule has 3 heteroatoms. The number of hydrogen-bond acceptors (Lipinski definition) is 2. The van der Waals surface area contributed by atoms with Crippen LogP contribution in [0.3, 0.4) is 0 Å². The molecule has 2 aliphatic rings. The largest absolute Gasteiger partial charge is 0.323 e. The van der Waals surface area contributed by atoms with Crippen molar-refractivity contribution in [2.45, 2.75) is 45.1 Å². The molecule has 0 unspecified atom stereocenters. The van der Waals surface area contributed by atoms with Crippen LogP contribution in [0.5, 0.6) is 0 Å². The third-order valence-electron chi connectivity index (χ3n) is 5.27. The van der Waals surface area contributed by atoms with Crippen molar-refractivity contribution in [2.75, 3.05) is 0 Å². The van der Waals surface area contributed by atoms with Gasteiger partial charge in [-0.1, -0.05) is 61.7 Å². The van der Waals surface area contributed by atoms with Crippen LogP contribution < -0.4 is 0 Å². The van der Waals surface area contributed by atoms with Gasteiger partial charge in [0.15, 0.2) is 0 Å². The van der Waals surface area contributed by atoms with Crippen molar-refractivity contribution in [3.8, 4) is 0 Å². The first-order valence-corrected chi connectivity index (χ1v) is 9.46. The van der Waals surface area contributed by atoms with Crippen LogP contribution in [0.1, 0.15) is 48.8 Å². The summed E-state index contributed by atoms with van der Waals surface area (Å²) in [5.41, 5.74) is 5.30. The first-order chi connectivity index (χ1) is 12.1. The molecule has 0 bridgehead atoms. The number of amidine groups is 1. The monoisotopic (exact) mass is 350 g/mol. The molecule has 2 aromatic carbocycles. The number of halogens is 1. The topological polar surface area (TPSA) is 15.6 Å². The molecule has 0 spiro atoms. The Bertz CT molecular complexity index is 847. The van der Waals surface area contributed by atoms with Crippen LogP contribution in [0.25, 0.3) is 5.70 Å². The summed E-state index contributed by atoms with van der Waals surface area (Å²) in [4.78, 5) is 7.36. The molecule has 2 aromatic rings. The molecule has 25 heavy (non-hydrogen) atoms. The second kappa shape index (κ2) is 6.68. The Morgan fingerprint density at radius 1 is 1.04 bits per heavy atom. The summed E-state index contributed by atoms with van der Waals surface area (Å²) < 4.78 is 0. The first kappa shape index (κ1) is 16.4. The normalized spacial score (nSPS) is 18.1. The van der Waals surface area contributed by atoms with E-state index in [2.05, 4.69) is 48.7 Å². The summed E-state index contributed by atoms with van der Waals surface area (Å²) in [6.07, 6.45) is 6.23. The predicted octanol–water partition coefficient (Wildman–Crippen LogP) is 6.35. The highest BCUT2D eigenvalue weighted by Gasteiger charge is 2.32. The van der Waals surface area contributed by atoms with Crippen LogP contribution in [-0.2, 0) is 0 Å². The molecule has 0 radical (unpaired) electrons. The van der Waals surface area contributed by atoms with Crippen molar-refractivity contribution in [3.05, 3.63) is 70.8 Å². The van der Waals surface area contributed by atoms with E-state index >= 15 is 0 Å². The minimum atomic E-state index is 0.450. The van der Waals surface area contributed by atoms with Crippen molar-refractivity contribution in [1.82, 2.24) is 4.90 Å². The number of aryl methyl sites for hydroxylation is 1. The van der Waals surface area contributed by atoms with Gasteiger partial charge in [-0.3, -0.25) is 0 Å². The van der Waals surface area contributed by atoms with Crippen molar-refractivity contribution in [3.63, 3.8) is 0 Å². The molecule has 0 saturated heterocycles. The van der Waals surface area contributed by atoms with Gasteiger partial charge in [0.2, 0.25) is 0 Å². The highest BCUT2D eigenvalue weighted by molar-refractivity contribution is 6.34. The lowest BCUT2D eigenvalue weighted by Gasteiger charge is -2.40. The number of hydrogen-bond donors (Lipinski definition) is 0. The number of aliphatic imine (C=N–C) groups is 1. The molecule has 128 valence electrons. The van der Waals surface area contributed by atoms with Crippen molar-refractivity contribution in [1.29, 1.82) is 0 Å². The Kier molecular flexibility index (Phi) is 4.39. The second-order valence-corrected chi connectivity index (χ2v) is 7.45. The Labute approximate surface area is 154 Å². The van der Waals surface area contributed by atoms with E-state index in [9.17, 15) is 0 Å². The van der Waals surface area contributed by atoms with Crippen LogP contribution in [0.4, 0.5) is 5.69 Å². The highest BCUT2D eigenvalue weighted by Crippen LogP contribution is 2.39. The van der Waals surface area contributed by atoms with Gasteiger partial charge in [0, 0.05) is 22.9 Å². The molecule has 0 N–H and O–H groups in total. The van der Waals surface area contributed by atoms with Crippen LogP contribution >= 0.6 is 11.6 Å². The number of nitrogens with zero attached hydrogens (tertiary/aromatic N) is 2. The maximum absolute atomic E-state index is 6.60. The van der Waals surface area contributed by atoms with Crippen LogP contribution in [0.2, 0.25) is 5.02 Å². The number of rotatable bonds is 2. The summed E-state index contributed by atoms with van der Waals surface area (Å²) >= 11 is 6.60. The van der Waals surface area contributed by atoms with Gasteiger partial charge < -0.3 is 4.90 Å². The van der Waals surface area contributed by atoms with E-state index < -0.39 is 0 Å². The molecule has 1 aliphatic heterocycles. The molecule has 2 nitrogen and oxygen atoms in total. The molecule has 4 rings (SSSR count). The molecule has 1 fully saturated rings. The quantitative estimate of drug-likeness (QED) is 0.616. The van der Waals surface area contributed by atoms with Crippen molar-refractivity contribution >= 4 is 28.8 Å². The average Bonchev–Trinajstić information content (AvgIpc) is 2.62. The molecule has 1 saturated carbocycles. The minimum Gasteiger partial charge on any atom is -0.323 e. The van der Waals surface area contributed by atoms with Gasteiger partial charge in [-0.25, -0.2) is 4.99 Å². The van der Waals surface area contributed by atoms with E-state index in [1.165, 1.54) is 32.1 Å². The van der Waals surface area contributed by atoms with Crippen LogP contribution in [0, 0.1) is 6.92 Å². The molecule has 1 heterocycles. The summed E-state index contributed by atoms with van der Waals surface area (Å²) in [5, 5.41) is 0.756. The molecule has 0 atom stereocenters. The van der Waals surface area contributed by atoms with Gasteiger partial charge in [-0.15, -0.1) is 0 Å². The third kappa shape index (κ3) is 3.00. The van der Waals surface area contributed by atoms with E-state index in [0.29, 0.717) is 6.04 Å². The first-order valence-electron chi connectivity index (χ1n) is 9.08. The predicted molar refractivity (Wildman–Crippen MR) is 107 cm³/mol. The Hall–Kier alpha value is -2.06. The van der Waals surface area contributed by atoms with Crippen LogP contribution in [0.15, 0.2) is 54.0 Å². The van der Waals surface area contributed by atoms with Gasteiger partial charge in [0.05, 0.1) is 10.7 Å². The summed E-state index contributed by atoms with van der Waals surface area (Å²) in [7, 11) is 0. The van der Waals surface area contributed by atoms with Crippen molar-refractivity contribution in [2.24, 2.45) is 4.99 Å². The maximum Gasteiger partial charge on any atom is 0.142 e. The van der Waals surface area contributed by atoms with E-state index in [4.69, 9.17) is 16.6 Å².